The minimum atomic E-state index is -5.91. The normalized spacial score (nSPS) is 18.3. The first-order valence-electron chi connectivity index (χ1n) is 14.4. The van der Waals surface area contributed by atoms with Gasteiger partial charge in [0.1, 0.15) is 10.5 Å². The first kappa shape index (κ1) is 35.3. The van der Waals surface area contributed by atoms with Crippen LogP contribution in [0.2, 0.25) is 0 Å². The van der Waals surface area contributed by atoms with E-state index in [-0.39, 0.29) is 17.2 Å². The van der Waals surface area contributed by atoms with Crippen LogP contribution in [0.15, 0.2) is 63.2 Å². The molecule has 45 heavy (non-hydrogen) atoms. The molecule has 2 saturated heterocycles. The number of sulfone groups is 1. The van der Waals surface area contributed by atoms with Crippen molar-refractivity contribution in [1.29, 1.82) is 0 Å². The molecule has 2 fully saturated rings. The highest BCUT2D eigenvalue weighted by molar-refractivity contribution is 7.99. The smallest absolute Gasteiger partial charge is 0.444 e. The summed E-state index contributed by atoms with van der Waals surface area (Å²) in [5, 5.41) is 8.06. The molecule has 0 unspecified atom stereocenters. The van der Waals surface area contributed by atoms with Crippen molar-refractivity contribution in [1.82, 2.24) is 9.80 Å². The summed E-state index contributed by atoms with van der Waals surface area (Å²) in [4.78, 5) is 15.3. The van der Waals surface area contributed by atoms with Crippen LogP contribution in [0.25, 0.3) is 0 Å². The molecule has 1 amide bonds. The lowest BCUT2D eigenvalue weighted by atomic mass is 9.72. The molecule has 0 radical (unpaired) electrons. The molecule has 0 aromatic heterocycles. The van der Waals surface area contributed by atoms with Crippen LogP contribution >= 0.6 is 11.8 Å². The number of anilines is 1. The summed E-state index contributed by atoms with van der Waals surface area (Å²) in [5.41, 5.74) is -6.53. The fourth-order valence-electron chi connectivity index (χ4n) is 5.40. The maximum Gasteiger partial charge on any atom is 0.501 e. The average Bonchev–Trinajstić information content (AvgIpc) is 2.92. The average molecular weight is 693 g/mol. The maximum absolute atomic E-state index is 13.6. The number of primary sulfonamides is 1. The molecule has 0 bridgehead atoms. The van der Waals surface area contributed by atoms with E-state index < -0.39 is 46.8 Å². The summed E-state index contributed by atoms with van der Waals surface area (Å²) in [6.07, 6.45) is 1.92. The predicted octanol–water partition coefficient (Wildman–Crippen LogP) is 4.92. The minimum Gasteiger partial charge on any atom is -0.444 e. The number of halogens is 3. The van der Waals surface area contributed by atoms with Crippen LogP contribution in [0.5, 0.6) is 0 Å². The summed E-state index contributed by atoms with van der Waals surface area (Å²) in [6, 6.07) is 11.3. The number of sulfonamides is 1. The van der Waals surface area contributed by atoms with Gasteiger partial charge in [-0.25, -0.2) is 26.8 Å². The number of piperidine rings is 1. The number of thioether (sulfide) groups is 1. The van der Waals surface area contributed by atoms with E-state index in [1.807, 2.05) is 51.1 Å². The third kappa shape index (κ3) is 9.05. The molecule has 10 nitrogen and oxygen atoms in total. The molecule has 16 heteroatoms. The number of hydrogen-bond acceptors (Lipinski definition) is 9. The molecular formula is C29H39F3N4O6S3. The van der Waals surface area contributed by atoms with Gasteiger partial charge in [-0.15, -0.1) is 11.8 Å². The molecule has 2 aromatic rings. The van der Waals surface area contributed by atoms with Crippen molar-refractivity contribution < 1.29 is 39.5 Å². The van der Waals surface area contributed by atoms with Crippen LogP contribution < -0.4 is 10.5 Å². The molecule has 1 atom stereocenters. The fraction of sp³-hybridized carbons (Fsp3) is 0.552. The number of rotatable bonds is 10. The third-order valence-corrected chi connectivity index (χ3v) is 11.5. The molecule has 2 aromatic carbocycles. The van der Waals surface area contributed by atoms with Crippen LogP contribution in [-0.2, 0) is 24.6 Å². The van der Waals surface area contributed by atoms with E-state index in [1.54, 1.807) is 4.90 Å². The first-order chi connectivity index (χ1) is 20.8. The second-order valence-corrected chi connectivity index (χ2v) is 17.1. The summed E-state index contributed by atoms with van der Waals surface area (Å²) in [7, 11) is -10.4. The zero-order valence-corrected chi connectivity index (χ0v) is 27.8. The van der Waals surface area contributed by atoms with Gasteiger partial charge in [0.05, 0.1) is 10.6 Å². The van der Waals surface area contributed by atoms with Crippen LogP contribution in [0.4, 0.5) is 23.7 Å². The number of hydrogen-bond donors (Lipinski definition) is 2. The van der Waals surface area contributed by atoms with E-state index in [0.29, 0.717) is 37.9 Å². The van der Waals surface area contributed by atoms with Crippen molar-refractivity contribution in [3.63, 3.8) is 0 Å². The molecule has 3 N–H and O–H groups in total. The number of nitrogens with zero attached hydrogens (tertiary/aromatic N) is 2. The third-order valence-electron chi connectivity index (χ3n) is 7.84. The van der Waals surface area contributed by atoms with Crippen molar-refractivity contribution in [2.24, 2.45) is 10.6 Å². The minimum absolute atomic E-state index is 0.0418. The lowest BCUT2D eigenvalue weighted by Gasteiger charge is -2.53. The van der Waals surface area contributed by atoms with Gasteiger partial charge in [-0.05, 0) is 83.5 Å². The molecule has 0 aliphatic carbocycles. The van der Waals surface area contributed by atoms with E-state index >= 15 is 0 Å². The SMILES string of the molecule is CC(C)(C)OC(=O)N1CC2(CCN(CC[C@H](CSc3ccccc3)Nc3ccc(S(N)(=O)=O)cc3S(=O)(=O)C(F)(F)F)CC2)C1. The standard InChI is InChI=1S/C29H39F3N4O6S3/c1-27(2,3)42-26(37)36-19-28(20-36)12-15-35(16-13-28)14-11-21(18-43-22-7-5-4-6-8-22)34-24-10-9-23(45(33,40)41)17-25(24)44(38,39)29(30,31)32/h4-10,17,21,34H,11-16,18-20H2,1-3H3,(H2,33,40,41)/t21-/m1/s1. The highest BCUT2D eigenvalue weighted by Crippen LogP contribution is 2.41. The van der Waals surface area contributed by atoms with Gasteiger partial charge in [-0.3, -0.25) is 0 Å². The van der Waals surface area contributed by atoms with Crippen LogP contribution in [0.3, 0.4) is 0 Å². The first-order valence-corrected chi connectivity index (χ1v) is 18.4. The van der Waals surface area contributed by atoms with Gasteiger partial charge in [-0.2, -0.15) is 13.2 Å². The summed E-state index contributed by atoms with van der Waals surface area (Å²) in [5.74, 6) is 0.398. The topological polar surface area (TPSA) is 139 Å². The van der Waals surface area contributed by atoms with Gasteiger partial charge >= 0.3 is 11.6 Å². The molecule has 2 aliphatic rings. The molecule has 4 rings (SSSR count). The molecule has 250 valence electrons. The Kier molecular flexibility index (Phi) is 10.4. The Balaban J connectivity index is 1.46. The Hall–Kier alpha value is -2.53. The number of ether oxygens (including phenoxy) is 1. The zero-order chi connectivity index (χ0) is 33.3. The molecule has 2 heterocycles. The van der Waals surface area contributed by atoms with E-state index in [4.69, 9.17) is 9.88 Å². The quantitative estimate of drug-likeness (QED) is 0.332. The summed E-state index contributed by atoms with van der Waals surface area (Å²) >= 11 is 1.46. The molecule has 2 aliphatic heterocycles. The number of carbonyl (C=O) groups is 1. The Labute approximate surface area is 266 Å². The van der Waals surface area contributed by atoms with Crippen molar-refractivity contribution in [3.05, 3.63) is 48.5 Å². The molecule has 1 spiro atoms. The van der Waals surface area contributed by atoms with Gasteiger partial charge in [0.25, 0.3) is 9.84 Å². The Morgan fingerprint density at radius 2 is 1.67 bits per heavy atom. The van der Waals surface area contributed by atoms with E-state index in [1.165, 1.54) is 11.8 Å². The Bertz CT molecular complexity index is 1570. The van der Waals surface area contributed by atoms with Crippen molar-refractivity contribution >= 4 is 43.4 Å². The van der Waals surface area contributed by atoms with Gasteiger partial charge in [0.2, 0.25) is 10.0 Å². The van der Waals surface area contributed by atoms with Gasteiger partial charge < -0.3 is 19.9 Å². The highest BCUT2D eigenvalue weighted by atomic mass is 32.2. The van der Waals surface area contributed by atoms with Crippen molar-refractivity contribution in [2.75, 3.05) is 43.8 Å². The second kappa shape index (κ2) is 13.3. The van der Waals surface area contributed by atoms with E-state index in [9.17, 15) is 34.8 Å². The van der Waals surface area contributed by atoms with Crippen LogP contribution in [0.1, 0.15) is 40.0 Å². The van der Waals surface area contributed by atoms with Crippen LogP contribution in [-0.4, -0.2) is 88.4 Å². The largest absolute Gasteiger partial charge is 0.501 e. The number of benzene rings is 2. The number of likely N-dealkylation sites (tertiary alicyclic amines) is 2. The summed E-state index contributed by atoms with van der Waals surface area (Å²) < 4.78 is 95.1. The highest BCUT2D eigenvalue weighted by Gasteiger charge is 2.49. The van der Waals surface area contributed by atoms with Crippen molar-refractivity contribution in [2.45, 2.75) is 71.9 Å². The fourth-order valence-corrected chi connectivity index (χ4v) is 7.96. The predicted molar refractivity (Wildman–Crippen MR) is 166 cm³/mol. The van der Waals surface area contributed by atoms with Gasteiger partial charge in [0, 0.05) is 41.7 Å². The zero-order valence-electron chi connectivity index (χ0n) is 25.3. The van der Waals surface area contributed by atoms with E-state index in [0.717, 1.165) is 43.0 Å². The monoisotopic (exact) mass is 692 g/mol. The van der Waals surface area contributed by atoms with Gasteiger partial charge in [-0.1, -0.05) is 18.2 Å². The summed E-state index contributed by atoms with van der Waals surface area (Å²) in [6.45, 7) is 8.90. The van der Waals surface area contributed by atoms with Crippen LogP contribution in [0, 0.1) is 5.41 Å². The lowest BCUT2D eigenvalue weighted by molar-refractivity contribution is -0.0593. The number of carbonyl (C=O) groups excluding carboxylic acids is 1. The Morgan fingerprint density at radius 3 is 2.22 bits per heavy atom. The van der Waals surface area contributed by atoms with Gasteiger partial charge in [0.15, 0.2) is 0 Å². The number of amides is 1. The lowest BCUT2D eigenvalue weighted by Crippen LogP contribution is -2.62. The number of alkyl halides is 3. The number of nitrogens with one attached hydrogen (secondary N) is 1. The molecular weight excluding hydrogens is 654 g/mol. The Morgan fingerprint density at radius 1 is 1.04 bits per heavy atom. The second-order valence-electron chi connectivity index (χ2n) is 12.6. The molecule has 0 saturated carbocycles. The van der Waals surface area contributed by atoms with Crippen molar-refractivity contribution in [3.8, 4) is 0 Å². The maximum atomic E-state index is 13.6. The van der Waals surface area contributed by atoms with E-state index in [2.05, 4.69) is 10.2 Å². The number of nitrogens with two attached hydrogens (primary N) is 1.